The molecule has 1 aliphatic carbocycles. The van der Waals surface area contributed by atoms with Gasteiger partial charge < -0.3 is 72.2 Å². The number of nitrogens with one attached hydrogen (secondary N) is 7. The van der Waals surface area contributed by atoms with E-state index in [1.54, 1.807) is 26.0 Å². The maximum Gasteiger partial charge on any atom is 0.337 e. The second-order valence-electron chi connectivity index (χ2n) is 26.7. The summed E-state index contributed by atoms with van der Waals surface area (Å²) in [6, 6.07) is 1.59. The van der Waals surface area contributed by atoms with Crippen molar-refractivity contribution < 1.29 is 94.5 Å². The molecule has 0 radical (unpaired) electrons. The average molecular weight is 1490 g/mol. The maximum absolute atomic E-state index is 13.9. The Morgan fingerprint density at radius 1 is 0.663 bits per heavy atom. The zero-order valence-corrected chi connectivity index (χ0v) is 60.1. The number of carbonyl (C=O) groups is 7. The number of hydrogen-bond donors (Lipinski definition) is 14. The van der Waals surface area contributed by atoms with Crippen LogP contribution < -0.4 is 42.0 Å². The van der Waals surface area contributed by atoms with Crippen LogP contribution in [0.2, 0.25) is 15.1 Å². The first-order valence-electron chi connectivity index (χ1n) is 32.6. The second kappa shape index (κ2) is 34.3. The molecule has 34 heteroatoms. The third-order valence-corrected chi connectivity index (χ3v) is 22.1. The minimum Gasteiger partial charge on any atom is -0.478 e. The third-order valence-electron chi connectivity index (χ3n) is 17.7. The van der Waals surface area contributed by atoms with Gasteiger partial charge in [-0.3, -0.25) is 42.9 Å². The standard InChI is InChI=1S/C64H89Cl3N8O20S3/c1-32-25-63(3,4)74-51-34(32)23-36-45(37-24-35-33(2)26-64(5,6)75-52(35)60(98(91,92)93)57(37)95-56(36)59(51)97(88,89)90)46-47(62(86)87)58(50(67)49(66)48(46)65)96-31-44(82)69-22-18-14-16-19-39(77)70-28-42(80)72-29-43(81)71-27-41(79)68-21-17-13-11-9-7-8-10-12-15-20-40(78)73-61-55(85)54(84)53(83)38(30-76)94-61/h23-24,32-33,36,38,45,53-55,61,75-76,83-85H,7-22,25-31H2,1-6H3,(H,68,79)(H,69,82)(H,70,77)(H,71,81)(H,72,80)(H,73,78)(H,86,87)(H,88,89,90)(H,91,92,93)/t32?,33?,36?,38-,45?,53-,54+,55-,61-/m1/s1. The van der Waals surface area contributed by atoms with Gasteiger partial charge in [-0.25, -0.2) is 4.79 Å². The van der Waals surface area contributed by atoms with E-state index in [2.05, 4.69) is 37.2 Å². The van der Waals surface area contributed by atoms with Crippen LogP contribution in [0.25, 0.3) is 0 Å². The lowest BCUT2D eigenvalue weighted by Gasteiger charge is -2.44. The summed E-state index contributed by atoms with van der Waals surface area (Å²) >= 11 is 21.6. The van der Waals surface area contributed by atoms with Gasteiger partial charge in [-0.2, -0.15) is 16.8 Å². The fourth-order valence-electron chi connectivity index (χ4n) is 13.2. The van der Waals surface area contributed by atoms with Crippen molar-refractivity contribution in [3.8, 4) is 5.75 Å². The van der Waals surface area contributed by atoms with Gasteiger partial charge in [-0.05, 0) is 101 Å². The largest absolute Gasteiger partial charge is 0.478 e. The van der Waals surface area contributed by atoms with Crippen LogP contribution in [0.1, 0.15) is 183 Å². The molecular weight excluding hydrogens is 1400 g/mol. The molecule has 4 unspecified atom stereocenters. The molecular formula is C64H89Cl3N8O20S3. The number of hydrogen-bond acceptors (Lipinski definition) is 20. The Hall–Kier alpha value is -5.68. The summed E-state index contributed by atoms with van der Waals surface area (Å²) in [7, 11) is -10.6. The third kappa shape index (κ3) is 20.3. The van der Waals surface area contributed by atoms with Crippen molar-refractivity contribution in [3.63, 3.8) is 0 Å². The Kier molecular flexibility index (Phi) is 27.9. The lowest BCUT2D eigenvalue weighted by atomic mass is 9.69. The van der Waals surface area contributed by atoms with Gasteiger partial charge in [0, 0.05) is 53.8 Å². The Morgan fingerprint density at radius 3 is 1.78 bits per heavy atom. The smallest absolute Gasteiger partial charge is 0.337 e. The number of aliphatic hydroxyl groups is 4. The van der Waals surface area contributed by atoms with Crippen LogP contribution in [0.5, 0.6) is 5.75 Å². The number of benzene rings is 2. The molecule has 14 N–H and O–H groups in total. The van der Waals surface area contributed by atoms with Gasteiger partial charge in [0.15, 0.2) is 21.8 Å². The van der Waals surface area contributed by atoms with Crippen molar-refractivity contribution in [1.82, 2.24) is 31.9 Å². The van der Waals surface area contributed by atoms with E-state index < -0.39 is 178 Å². The van der Waals surface area contributed by atoms with Crippen LogP contribution in [0.4, 0.5) is 5.69 Å². The Balaban J connectivity index is 0.836. The quantitative estimate of drug-likeness (QED) is 0.0174. The summed E-state index contributed by atoms with van der Waals surface area (Å²) in [5, 5.41) is 67.7. The molecule has 0 spiro atoms. The molecule has 2 aromatic carbocycles. The predicted molar refractivity (Wildman–Crippen MR) is 366 cm³/mol. The molecule has 544 valence electrons. The number of aliphatic imine (C=N–C) groups is 1. The monoisotopic (exact) mass is 1490 g/mol. The number of fused-ring (bicyclic) bond motifs is 4. The minimum absolute atomic E-state index is 0.0285. The normalized spacial score (nSPS) is 23.0. The number of ether oxygens (including phenoxy) is 2. The number of thioether (sulfide) groups is 1. The number of halogens is 3. The van der Waals surface area contributed by atoms with E-state index in [0.717, 1.165) is 51.4 Å². The highest BCUT2D eigenvalue weighted by atomic mass is 35.5. The molecule has 0 aromatic heterocycles. The lowest BCUT2D eigenvalue weighted by Crippen LogP contribution is -2.63. The zero-order chi connectivity index (χ0) is 72.4. The van der Waals surface area contributed by atoms with Crippen molar-refractivity contribution in [2.75, 3.05) is 50.4 Å². The molecule has 0 bridgehead atoms. The van der Waals surface area contributed by atoms with Crippen LogP contribution in [0, 0.1) is 11.8 Å². The number of carboxylic acids is 1. The van der Waals surface area contributed by atoms with Crippen LogP contribution in [-0.2, 0) is 53.7 Å². The molecule has 5 aliphatic rings. The number of carbonyl (C=O) groups excluding carboxylic acids is 6. The topological polar surface area (TPSA) is 444 Å². The van der Waals surface area contributed by atoms with E-state index in [4.69, 9.17) is 49.3 Å². The molecule has 28 nitrogen and oxygen atoms in total. The van der Waals surface area contributed by atoms with Crippen LogP contribution in [-0.4, -0.2) is 185 Å². The summed E-state index contributed by atoms with van der Waals surface area (Å²) < 4.78 is 89.1. The SMILES string of the molecule is CC1CC(C)(C)N=C2C1=CC1C(=C2S(=O)(=O)O)Oc2c(cc3c(c2S(=O)(=O)O)NC(C)(C)CC3C)C1c1c(Cl)c(Cl)c(Cl)c(SCC(=O)NCCCCCC(=O)NCC(=O)NCC(=O)NCC(=O)NCCCCCCCCCCCC(=O)N[C@@H]2O[C@H](CO)[C@@H](O)[C@H](O)[C@H]2O)c1C(=O)O. The molecule has 1 saturated heterocycles. The summed E-state index contributed by atoms with van der Waals surface area (Å²) in [5.41, 5.74) is -1.95. The number of anilines is 1. The van der Waals surface area contributed by atoms with Crippen molar-refractivity contribution in [2.45, 2.75) is 208 Å². The van der Waals surface area contributed by atoms with E-state index in [1.807, 2.05) is 27.7 Å². The van der Waals surface area contributed by atoms with Gasteiger partial charge in [-0.15, -0.1) is 11.8 Å². The highest BCUT2D eigenvalue weighted by molar-refractivity contribution is 8.00. The number of allylic oxidation sites excluding steroid dienone is 3. The highest BCUT2D eigenvalue weighted by Gasteiger charge is 2.52. The Bertz CT molecular complexity index is 3700. The molecule has 0 saturated carbocycles. The number of unbranched alkanes of at least 4 members (excludes halogenated alkanes) is 10. The molecule has 1 fully saturated rings. The molecule has 7 rings (SSSR count). The second-order valence-corrected chi connectivity index (χ2v) is 31.5. The van der Waals surface area contributed by atoms with Crippen molar-refractivity contribution in [2.24, 2.45) is 16.8 Å². The highest BCUT2D eigenvalue weighted by Crippen LogP contribution is 2.60. The first-order chi connectivity index (χ1) is 46.0. The predicted octanol–water partition coefficient (Wildman–Crippen LogP) is 5.78. The van der Waals surface area contributed by atoms with Gasteiger partial charge in [0.05, 0.1) is 69.6 Å². The van der Waals surface area contributed by atoms with Crippen LogP contribution >= 0.6 is 46.6 Å². The fraction of sp³-hybridized carbons (Fsp3) is 0.625. The number of carboxylic acid groups (broad SMARTS) is 1. The Morgan fingerprint density at radius 2 is 1.20 bits per heavy atom. The summed E-state index contributed by atoms with van der Waals surface area (Å²) in [5.74, 6) is -9.87. The minimum atomic E-state index is -5.31. The number of amides is 6. The summed E-state index contributed by atoms with van der Waals surface area (Å²) in [4.78, 5) is 92.0. The molecule has 6 amide bonds. The van der Waals surface area contributed by atoms with Crippen molar-refractivity contribution >= 4 is 120 Å². The fourth-order valence-corrected chi connectivity index (χ4v) is 16.8. The van der Waals surface area contributed by atoms with Gasteiger partial charge in [-0.1, -0.05) is 106 Å². The van der Waals surface area contributed by atoms with E-state index in [1.165, 1.54) is 0 Å². The van der Waals surface area contributed by atoms with E-state index in [0.29, 0.717) is 68.0 Å². The van der Waals surface area contributed by atoms with Gasteiger partial charge in [0.1, 0.15) is 30.2 Å². The first-order valence-corrected chi connectivity index (χ1v) is 37.6. The van der Waals surface area contributed by atoms with Crippen LogP contribution in [0.15, 0.2) is 43.2 Å². The zero-order valence-electron chi connectivity index (χ0n) is 55.4. The molecule has 98 heavy (non-hydrogen) atoms. The van der Waals surface area contributed by atoms with E-state index in [-0.39, 0.29) is 69.3 Å². The van der Waals surface area contributed by atoms with Gasteiger partial charge >= 0.3 is 5.97 Å². The lowest BCUT2D eigenvalue weighted by molar-refractivity contribution is -0.236. The van der Waals surface area contributed by atoms with Crippen LogP contribution in [0.3, 0.4) is 0 Å². The Labute approximate surface area is 588 Å². The summed E-state index contributed by atoms with van der Waals surface area (Å²) in [6.45, 7) is 9.62. The van der Waals surface area contributed by atoms with Gasteiger partial charge in [0.25, 0.3) is 20.2 Å². The van der Waals surface area contributed by atoms with Gasteiger partial charge in [0.2, 0.25) is 35.4 Å². The molecule has 4 heterocycles. The number of aromatic carboxylic acids is 1. The number of rotatable bonds is 33. The number of nitrogens with zero attached hydrogens (tertiary/aromatic N) is 1. The molecule has 4 aliphatic heterocycles. The van der Waals surface area contributed by atoms with E-state index >= 15 is 0 Å². The van der Waals surface area contributed by atoms with Crippen molar-refractivity contribution in [1.29, 1.82) is 0 Å². The molecule has 2 aromatic rings. The number of aliphatic hydroxyl groups excluding tert-OH is 4. The average Bonchev–Trinajstić information content (AvgIpc) is 0.698. The first kappa shape index (κ1) is 79.6. The molecule has 9 atom stereocenters. The maximum atomic E-state index is 13.9. The van der Waals surface area contributed by atoms with Crippen molar-refractivity contribution in [3.05, 3.63) is 65.7 Å². The van der Waals surface area contributed by atoms with E-state index in [9.17, 15) is 85.0 Å². The summed E-state index contributed by atoms with van der Waals surface area (Å²) in [6.07, 6.45) is 4.93.